The first-order chi connectivity index (χ1) is 10.4. The number of quaternary nitrogens is 1. The number of phenolic OH excluding ortho intramolecular Hbond substituents is 1. The molecular formula is C17H17NO4. The molecule has 5 atom stereocenters. The van der Waals surface area contributed by atoms with E-state index < -0.39 is 11.5 Å². The first kappa shape index (κ1) is 12.7. The quantitative estimate of drug-likeness (QED) is 0.581. The number of carbonyl (C=O) groups excluding carboxylic acids is 1. The van der Waals surface area contributed by atoms with E-state index in [1.165, 1.54) is 0 Å². The number of ketones is 1. The van der Waals surface area contributed by atoms with Crippen molar-refractivity contribution in [1.29, 1.82) is 0 Å². The first-order valence-corrected chi connectivity index (χ1v) is 7.75. The molecule has 1 aromatic rings. The van der Waals surface area contributed by atoms with E-state index in [-0.39, 0.29) is 28.1 Å². The highest BCUT2D eigenvalue weighted by atomic mass is 16.5. The summed E-state index contributed by atoms with van der Waals surface area (Å²) in [6, 6.07) is 3.41. The van der Waals surface area contributed by atoms with Gasteiger partial charge in [0.1, 0.15) is 0 Å². The lowest BCUT2D eigenvalue weighted by molar-refractivity contribution is -0.898. The van der Waals surface area contributed by atoms with Crippen LogP contribution in [0.5, 0.6) is 11.5 Å². The van der Waals surface area contributed by atoms with Gasteiger partial charge < -0.3 is 19.7 Å². The molecular weight excluding hydrogens is 282 g/mol. The molecule has 114 valence electrons. The fourth-order valence-corrected chi connectivity index (χ4v) is 5.23. The highest BCUT2D eigenvalue weighted by Crippen LogP contribution is 2.62. The van der Waals surface area contributed by atoms with Crippen molar-refractivity contribution in [3.05, 3.63) is 40.6 Å². The number of rotatable bonds is 0. The van der Waals surface area contributed by atoms with Crippen molar-refractivity contribution in [1.82, 2.24) is 0 Å². The number of nitrogens with zero attached hydrogens (tertiary/aromatic N) is 1. The van der Waals surface area contributed by atoms with Gasteiger partial charge in [0.25, 0.3) is 0 Å². The summed E-state index contributed by atoms with van der Waals surface area (Å²) in [5.74, 6) is 0.505. The zero-order valence-electron chi connectivity index (χ0n) is 12.3. The molecule has 1 unspecified atom stereocenters. The van der Waals surface area contributed by atoms with Crippen LogP contribution in [0.15, 0.2) is 24.3 Å². The van der Waals surface area contributed by atoms with Crippen LogP contribution < -0.4 is 4.74 Å². The molecule has 2 heterocycles. The molecule has 5 heteroatoms. The maximum atomic E-state index is 12.9. The molecule has 22 heavy (non-hydrogen) atoms. The molecule has 5 nitrogen and oxygen atoms in total. The van der Waals surface area contributed by atoms with Crippen LogP contribution >= 0.6 is 0 Å². The van der Waals surface area contributed by atoms with E-state index in [9.17, 15) is 15.1 Å². The summed E-state index contributed by atoms with van der Waals surface area (Å²) in [6.45, 7) is 0.483. The monoisotopic (exact) mass is 299 g/mol. The van der Waals surface area contributed by atoms with Crippen LogP contribution in [0.2, 0.25) is 0 Å². The van der Waals surface area contributed by atoms with Gasteiger partial charge in [0.05, 0.1) is 25.0 Å². The van der Waals surface area contributed by atoms with Gasteiger partial charge in [-0.2, -0.15) is 0 Å². The number of hydroxylamine groups is 3. The average molecular weight is 299 g/mol. The minimum Gasteiger partial charge on any atom is -0.633 e. The van der Waals surface area contributed by atoms with E-state index in [1.54, 1.807) is 19.2 Å². The van der Waals surface area contributed by atoms with Crippen LogP contribution in [0.1, 0.15) is 17.5 Å². The Morgan fingerprint density at radius 3 is 3.09 bits per heavy atom. The number of ether oxygens (including phenoxy) is 1. The highest BCUT2D eigenvalue weighted by molar-refractivity contribution is 5.98. The van der Waals surface area contributed by atoms with Gasteiger partial charge in [0.15, 0.2) is 23.4 Å². The smallest absolute Gasteiger partial charge is 0.196 e. The standard InChI is InChI=1S/C17H17NO4/c1-18(21)7-6-17-10-3-5-13(20)16(17)22-15-12(19)4-2-9(14(15)17)8-11(10)18/h2-5,10-11,16,19H,6-8H2,1H3/t10-,11+,16-,17-,18?/m0/s1. The van der Waals surface area contributed by atoms with Crippen LogP contribution in [0.3, 0.4) is 0 Å². The van der Waals surface area contributed by atoms with Gasteiger partial charge in [0, 0.05) is 24.3 Å². The minimum atomic E-state index is -0.590. The Kier molecular flexibility index (Phi) is 2.04. The van der Waals surface area contributed by atoms with Gasteiger partial charge in [-0.05, 0) is 17.7 Å². The van der Waals surface area contributed by atoms with Gasteiger partial charge >= 0.3 is 0 Å². The third kappa shape index (κ3) is 1.18. The summed E-state index contributed by atoms with van der Waals surface area (Å²) in [4.78, 5) is 12.4. The predicted molar refractivity (Wildman–Crippen MR) is 78.4 cm³/mol. The van der Waals surface area contributed by atoms with Gasteiger partial charge in [-0.1, -0.05) is 12.1 Å². The zero-order chi connectivity index (χ0) is 15.3. The number of carbonyl (C=O) groups is 1. The first-order valence-electron chi connectivity index (χ1n) is 7.75. The van der Waals surface area contributed by atoms with Crippen molar-refractivity contribution in [2.45, 2.75) is 30.4 Å². The minimum absolute atomic E-state index is 0.00185. The third-order valence-electron chi connectivity index (χ3n) is 6.23. The third-order valence-corrected chi connectivity index (χ3v) is 6.23. The molecule has 1 N–H and O–H groups in total. The number of phenols is 1. The van der Waals surface area contributed by atoms with Crippen LogP contribution in [0.4, 0.5) is 0 Å². The lowest BCUT2D eigenvalue weighted by atomic mass is 9.53. The van der Waals surface area contributed by atoms with Crippen molar-refractivity contribution in [3.8, 4) is 11.5 Å². The molecule has 1 fully saturated rings. The molecule has 5 rings (SSSR count). The van der Waals surface area contributed by atoms with Gasteiger partial charge in [-0.25, -0.2) is 0 Å². The fourth-order valence-electron chi connectivity index (χ4n) is 5.23. The molecule has 1 saturated heterocycles. The number of piperidine rings is 1. The SMILES string of the molecule is C[N+]1([O-])CC[C@]23c4c5ccc(O)c4O[C@H]2C(=O)C=C[C@H]3[C@H]1C5. The van der Waals surface area contributed by atoms with E-state index in [4.69, 9.17) is 4.74 Å². The number of benzene rings is 1. The molecule has 2 aliphatic carbocycles. The van der Waals surface area contributed by atoms with Crippen molar-refractivity contribution in [2.24, 2.45) is 5.92 Å². The molecule has 0 aromatic heterocycles. The van der Waals surface area contributed by atoms with E-state index in [2.05, 4.69) is 0 Å². The summed E-state index contributed by atoms with van der Waals surface area (Å²) in [6.07, 6.45) is 4.19. The van der Waals surface area contributed by atoms with Gasteiger partial charge in [-0.15, -0.1) is 0 Å². The molecule has 0 saturated carbocycles. The topological polar surface area (TPSA) is 69.6 Å². The summed E-state index contributed by atoms with van der Waals surface area (Å²) < 4.78 is 5.66. The van der Waals surface area contributed by atoms with Crippen LogP contribution in [-0.4, -0.2) is 41.3 Å². The number of aromatic hydroxyl groups is 1. The molecule has 0 radical (unpaired) electrons. The largest absolute Gasteiger partial charge is 0.633 e. The lowest BCUT2D eigenvalue weighted by Crippen LogP contribution is -2.68. The second kappa shape index (κ2) is 3.55. The van der Waals surface area contributed by atoms with Crippen LogP contribution in [0.25, 0.3) is 0 Å². The Morgan fingerprint density at radius 2 is 2.27 bits per heavy atom. The number of hydrogen-bond donors (Lipinski definition) is 1. The van der Waals surface area contributed by atoms with Crippen molar-refractivity contribution in [2.75, 3.05) is 13.6 Å². The van der Waals surface area contributed by atoms with Gasteiger partial charge in [0.2, 0.25) is 0 Å². The maximum absolute atomic E-state index is 12.9. The Bertz CT molecular complexity index is 753. The van der Waals surface area contributed by atoms with Gasteiger partial charge in [-0.3, -0.25) is 4.79 Å². The van der Waals surface area contributed by atoms with E-state index in [1.807, 2.05) is 12.1 Å². The molecule has 2 bridgehead atoms. The highest BCUT2D eigenvalue weighted by Gasteiger charge is 2.67. The summed E-state index contributed by atoms with van der Waals surface area (Å²) in [7, 11) is 1.74. The van der Waals surface area contributed by atoms with E-state index in [0.29, 0.717) is 25.1 Å². The second-order valence-electron chi connectivity index (χ2n) is 7.19. The Labute approximate surface area is 128 Å². The van der Waals surface area contributed by atoms with Crippen LogP contribution in [-0.2, 0) is 16.6 Å². The van der Waals surface area contributed by atoms with Crippen molar-refractivity contribution < 1.29 is 19.3 Å². The molecule has 2 aliphatic heterocycles. The summed E-state index contributed by atoms with van der Waals surface area (Å²) >= 11 is 0. The van der Waals surface area contributed by atoms with Crippen LogP contribution in [0, 0.1) is 11.1 Å². The predicted octanol–water partition coefficient (Wildman–Crippen LogP) is 1.42. The Morgan fingerprint density at radius 1 is 1.45 bits per heavy atom. The lowest BCUT2D eigenvalue weighted by Gasteiger charge is -2.61. The van der Waals surface area contributed by atoms with Crippen molar-refractivity contribution >= 4 is 5.78 Å². The molecule has 1 spiro atoms. The normalized spacial score (nSPS) is 43.7. The van der Waals surface area contributed by atoms with E-state index >= 15 is 0 Å². The Balaban J connectivity index is 1.86. The zero-order valence-corrected chi connectivity index (χ0v) is 12.3. The van der Waals surface area contributed by atoms with E-state index in [0.717, 1.165) is 11.1 Å². The molecule has 1 aromatic carbocycles. The maximum Gasteiger partial charge on any atom is 0.196 e. The molecule has 0 amide bonds. The molecule has 4 aliphatic rings. The summed E-state index contributed by atoms with van der Waals surface area (Å²) in [5.41, 5.74) is 1.58. The Hall–Kier alpha value is -1.85. The number of hydrogen-bond acceptors (Lipinski definition) is 4. The summed E-state index contributed by atoms with van der Waals surface area (Å²) in [5, 5.41) is 23.1. The average Bonchev–Trinajstić information content (AvgIpc) is 2.84. The number of likely N-dealkylation sites (N-methyl/N-ethyl adjacent to an activating group) is 1. The number of likely N-dealkylation sites (tertiary alicyclic amines) is 1. The fraction of sp³-hybridized carbons (Fsp3) is 0.471. The second-order valence-corrected chi connectivity index (χ2v) is 7.19. The van der Waals surface area contributed by atoms with Crippen molar-refractivity contribution in [3.63, 3.8) is 0 Å².